The van der Waals surface area contributed by atoms with Gasteiger partial charge in [0.15, 0.2) is 0 Å². The average Bonchev–Trinajstić information content (AvgIpc) is 3.05. The van der Waals surface area contributed by atoms with Crippen LogP contribution in [0.25, 0.3) is 0 Å². The normalized spacial score (nSPS) is 11.8. The summed E-state index contributed by atoms with van der Waals surface area (Å²) < 4.78 is 35.5. The van der Waals surface area contributed by atoms with E-state index < -0.39 is 28.5 Å². The minimum atomic E-state index is -4.24. The summed E-state index contributed by atoms with van der Waals surface area (Å²) in [6.45, 7) is 3.62. The number of sulfonamides is 1. The van der Waals surface area contributed by atoms with Crippen LogP contribution in [0, 0.1) is 6.92 Å². The van der Waals surface area contributed by atoms with Crippen molar-refractivity contribution in [3.63, 3.8) is 0 Å². The van der Waals surface area contributed by atoms with Gasteiger partial charge < -0.3 is 15.0 Å². The van der Waals surface area contributed by atoms with Gasteiger partial charge in [-0.25, -0.2) is 8.42 Å². The Labute approximate surface area is 270 Å². The first-order valence-electron chi connectivity index (χ1n) is 14.7. The molecule has 0 spiro atoms. The van der Waals surface area contributed by atoms with Crippen molar-refractivity contribution in [3.05, 3.63) is 120 Å². The number of nitrogens with one attached hydrogen (secondary N) is 1. The van der Waals surface area contributed by atoms with Gasteiger partial charge in [-0.05, 0) is 67.6 Å². The number of carbonyl (C=O) groups excluding carboxylic acids is 2. The number of thioether (sulfide) groups is 1. The molecule has 0 aromatic heterocycles. The van der Waals surface area contributed by atoms with E-state index in [-0.39, 0.29) is 29.5 Å². The standard InChI is InChI=1S/C35H39N3O5S2/c1-5-43-33-17-10-9-16-31(33)38(45(41,42)30-20-18-29(44-4)19-21-30)25-34(39)37(24-28-15-11-12-26(2)22-28)32(35(40)36-3)23-27-13-7-6-8-14-27/h6-22,32H,5,23-25H2,1-4H3,(H,36,40)/t32-/m1/s1. The number of para-hydroxylation sites is 2. The monoisotopic (exact) mass is 645 g/mol. The van der Waals surface area contributed by atoms with Crippen LogP contribution in [0.4, 0.5) is 5.69 Å². The van der Waals surface area contributed by atoms with Crippen LogP contribution in [0.2, 0.25) is 0 Å². The fourth-order valence-corrected chi connectivity index (χ4v) is 6.89. The number of anilines is 1. The van der Waals surface area contributed by atoms with E-state index in [9.17, 15) is 18.0 Å². The van der Waals surface area contributed by atoms with Gasteiger partial charge in [0.05, 0.1) is 17.2 Å². The quantitative estimate of drug-likeness (QED) is 0.177. The van der Waals surface area contributed by atoms with Gasteiger partial charge in [-0.3, -0.25) is 13.9 Å². The van der Waals surface area contributed by atoms with E-state index in [4.69, 9.17) is 4.74 Å². The van der Waals surface area contributed by atoms with Crippen LogP contribution >= 0.6 is 11.8 Å². The molecule has 4 aromatic carbocycles. The summed E-state index contributed by atoms with van der Waals surface area (Å²) in [5.41, 5.74) is 2.93. The number of carbonyl (C=O) groups is 2. The Bertz CT molecular complexity index is 1700. The number of ether oxygens (including phenoxy) is 1. The van der Waals surface area contributed by atoms with Crippen molar-refractivity contribution < 1.29 is 22.7 Å². The van der Waals surface area contributed by atoms with Crippen molar-refractivity contribution in [2.45, 2.75) is 42.6 Å². The summed E-state index contributed by atoms with van der Waals surface area (Å²) in [4.78, 5) is 30.4. The number of nitrogens with zero attached hydrogens (tertiary/aromatic N) is 2. The maximum atomic E-state index is 14.5. The molecule has 0 aliphatic heterocycles. The van der Waals surface area contributed by atoms with Gasteiger partial charge in [0.25, 0.3) is 10.0 Å². The number of amides is 2. The highest BCUT2D eigenvalue weighted by Gasteiger charge is 2.35. The number of benzene rings is 4. The molecule has 0 saturated carbocycles. The van der Waals surface area contributed by atoms with Crippen LogP contribution < -0.4 is 14.4 Å². The molecule has 8 nitrogen and oxygen atoms in total. The van der Waals surface area contributed by atoms with Crippen molar-refractivity contribution in [2.75, 3.05) is 30.8 Å². The summed E-state index contributed by atoms with van der Waals surface area (Å²) in [5.74, 6) is -0.553. The summed E-state index contributed by atoms with van der Waals surface area (Å²) in [7, 11) is -2.71. The number of rotatable bonds is 14. The van der Waals surface area contributed by atoms with Crippen molar-refractivity contribution in [2.24, 2.45) is 0 Å². The molecule has 0 aliphatic rings. The molecule has 45 heavy (non-hydrogen) atoms. The van der Waals surface area contributed by atoms with Gasteiger partial charge in [-0.15, -0.1) is 11.8 Å². The SMILES string of the molecule is CCOc1ccccc1N(CC(=O)N(Cc1cccc(C)c1)[C@H](Cc1ccccc1)C(=O)NC)S(=O)(=O)c1ccc(SC)cc1. The Balaban J connectivity index is 1.82. The Morgan fingerprint density at radius 1 is 0.889 bits per heavy atom. The van der Waals surface area contributed by atoms with Crippen molar-refractivity contribution in [3.8, 4) is 5.75 Å². The van der Waals surface area contributed by atoms with Crippen LogP contribution in [-0.4, -0.2) is 57.6 Å². The van der Waals surface area contributed by atoms with Crippen molar-refractivity contribution in [1.82, 2.24) is 10.2 Å². The number of hydrogen-bond acceptors (Lipinski definition) is 6. The van der Waals surface area contributed by atoms with Gasteiger partial charge in [0, 0.05) is 24.9 Å². The minimum Gasteiger partial charge on any atom is -0.492 e. The predicted octanol–water partition coefficient (Wildman–Crippen LogP) is 5.70. The lowest BCUT2D eigenvalue weighted by Crippen LogP contribution is -2.53. The molecule has 0 fully saturated rings. The van der Waals surface area contributed by atoms with E-state index >= 15 is 0 Å². The van der Waals surface area contributed by atoms with Crippen LogP contribution in [0.1, 0.15) is 23.6 Å². The molecule has 1 N–H and O–H groups in total. The topological polar surface area (TPSA) is 96.0 Å². The minimum absolute atomic E-state index is 0.0387. The maximum Gasteiger partial charge on any atom is 0.264 e. The molecular weight excluding hydrogens is 607 g/mol. The first-order chi connectivity index (χ1) is 21.7. The number of hydrogen-bond donors (Lipinski definition) is 1. The largest absolute Gasteiger partial charge is 0.492 e. The summed E-state index contributed by atoms with van der Waals surface area (Å²) in [5, 5.41) is 2.71. The first kappa shape index (κ1) is 33.6. The van der Waals surface area contributed by atoms with E-state index in [1.54, 1.807) is 36.4 Å². The predicted molar refractivity (Wildman–Crippen MR) is 180 cm³/mol. The lowest BCUT2D eigenvalue weighted by atomic mass is 10.0. The molecule has 0 bridgehead atoms. The second-order valence-corrected chi connectivity index (χ2v) is 13.2. The van der Waals surface area contributed by atoms with Gasteiger partial charge >= 0.3 is 0 Å². The maximum absolute atomic E-state index is 14.5. The summed E-state index contributed by atoms with van der Waals surface area (Å²) in [6, 6.07) is 29.5. The Hall–Kier alpha value is -4.28. The highest BCUT2D eigenvalue weighted by atomic mass is 32.2. The second-order valence-electron chi connectivity index (χ2n) is 10.4. The molecule has 1 atom stereocenters. The molecule has 0 saturated heterocycles. The third-order valence-corrected chi connectivity index (χ3v) is 9.83. The fourth-order valence-electron chi connectivity index (χ4n) is 5.06. The fraction of sp³-hybridized carbons (Fsp3) is 0.257. The van der Waals surface area contributed by atoms with Gasteiger partial charge in [0.2, 0.25) is 11.8 Å². The van der Waals surface area contributed by atoms with Crippen LogP contribution in [0.5, 0.6) is 5.75 Å². The molecule has 236 valence electrons. The molecule has 0 radical (unpaired) electrons. The zero-order valence-corrected chi connectivity index (χ0v) is 27.6. The van der Waals surface area contributed by atoms with E-state index in [1.165, 1.54) is 35.8 Å². The smallest absolute Gasteiger partial charge is 0.264 e. The van der Waals surface area contributed by atoms with Gasteiger partial charge in [0.1, 0.15) is 18.3 Å². The molecule has 4 rings (SSSR count). The first-order valence-corrected chi connectivity index (χ1v) is 17.3. The lowest BCUT2D eigenvalue weighted by Gasteiger charge is -2.34. The molecule has 0 aliphatic carbocycles. The molecule has 0 heterocycles. The van der Waals surface area contributed by atoms with E-state index in [0.29, 0.717) is 12.4 Å². The Morgan fingerprint density at radius 3 is 2.20 bits per heavy atom. The molecule has 0 unspecified atom stereocenters. The summed E-state index contributed by atoms with van der Waals surface area (Å²) in [6.07, 6.45) is 2.16. The molecule has 4 aromatic rings. The Kier molecular flexibility index (Phi) is 11.7. The zero-order chi connectivity index (χ0) is 32.4. The Morgan fingerprint density at radius 2 is 1.56 bits per heavy atom. The number of aryl methyl sites for hydroxylation is 1. The highest BCUT2D eigenvalue weighted by molar-refractivity contribution is 7.98. The lowest BCUT2D eigenvalue weighted by molar-refractivity contribution is -0.139. The van der Waals surface area contributed by atoms with Crippen molar-refractivity contribution in [1.29, 1.82) is 0 Å². The van der Waals surface area contributed by atoms with Crippen LogP contribution in [-0.2, 0) is 32.6 Å². The molecular formula is C35H39N3O5S2. The molecule has 2 amide bonds. The average molecular weight is 646 g/mol. The second kappa shape index (κ2) is 15.6. The van der Waals surface area contributed by atoms with Crippen LogP contribution in [0.15, 0.2) is 113 Å². The third kappa shape index (κ3) is 8.46. The van der Waals surface area contributed by atoms with Gasteiger partial charge in [-0.1, -0.05) is 72.3 Å². The molecule has 10 heteroatoms. The summed E-state index contributed by atoms with van der Waals surface area (Å²) >= 11 is 1.50. The van der Waals surface area contributed by atoms with Gasteiger partial charge in [-0.2, -0.15) is 0 Å². The van der Waals surface area contributed by atoms with Crippen molar-refractivity contribution >= 4 is 39.3 Å². The van der Waals surface area contributed by atoms with Crippen LogP contribution in [0.3, 0.4) is 0 Å². The number of likely N-dealkylation sites (N-methyl/N-ethyl adjacent to an activating group) is 1. The zero-order valence-electron chi connectivity index (χ0n) is 26.0. The highest BCUT2D eigenvalue weighted by Crippen LogP contribution is 2.33. The van der Waals surface area contributed by atoms with E-state index in [2.05, 4.69) is 5.32 Å². The van der Waals surface area contributed by atoms with E-state index in [1.807, 2.05) is 74.7 Å². The van der Waals surface area contributed by atoms with E-state index in [0.717, 1.165) is 25.9 Å². The third-order valence-electron chi connectivity index (χ3n) is 7.31.